The van der Waals surface area contributed by atoms with E-state index in [0.29, 0.717) is 17.6 Å². The van der Waals surface area contributed by atoms with E-state index in [2.05, 4.69) is 50.0 Å². The SMILES string of the molecule is C[Si](C)(C)/C(=C1\CC2CCC(=O)C2C1)c1ccccc1. The average molecular weight is 284 g/mol. The molecule has 0 bridgehead atoms. The van der Waals surface area contributed by atoms with E-state index in [0.717, 1.165) is 19.3 Å². The standard InChI is InChI=1S/C18H24OSi/c1-20(2,3)18(13-7-5-4-6-8-13)15-11-14-9-10-17(19)16(14)12-15/h4-8,14,16H,9-12H2,1-3H3/b18-15+. The molecule has 0 aromatic heterocycles. The molecule has 2 unspecified atom stereocenters. The second-order valence-electron chi connectivity index (χ2n) is 7.37. The fourth-order valence-corrected chi connectivity index (χ4v) is 6.44. The van der Waals surface area contributed by atoms with E-state index in [1.54, 1.807) is 10.8 Å². The van der Waals surface area contributed by atoms with Crippen molar-refractivity contribution >= 4 is 19.1 Å². The molecule has 0 aliphatic heterocycles. The number of allylic oxidation sites excluding steroid dienone is 1. The minimum atomic E-state index is -1.39. The summed E-state index contributed by atoms with van der Waals surface area (Å²) in [5.41, 5.74) is 2.99. The molecule has 0 amide bonds. The Balaban J connectivity index is 2.03. The van der Waals surface area contributed by atoms with Crippen molar-refractivity contribution in [3.8, 4) is 0 Å². The third kappa shape index (κ3) is 2.42. The van der Waals surface area contributed by atoms with Crippen LogP contribution >= 0.6 is 0 Å². The molecule has 0 radical (unpaired) electrons. The maximum atomic E-state index is 12.0. The molecule has 2 heteroatoms. The zero-order chi connectivity index (χ0) is 14.3. The Labute approximate surface area is 123 Å². The Morgan fingerprint density at radius 3 is 2.40 bits per heavy atom. The number of hydrogen-bond donors (Lipinski definition) is 0. The van der Waals surface area contributed by atoms with Crippen molar-refractivity contribution in [3.05, 3.63) is 41.5 Å². The number of hydrogen-bond acceptors (Lipinski definition) is 1. The molecular formula is C18H24OSi. The van der Waals surface area contributed by atoms with Gasteiger partial charge in [0.1, 0.15) is 5.78 Å². The lowest BCUT2D eigenvalue weighted by atomic mass is 10.0. The van der Waals surface area contributed by atoms with Gasteiger partial charge in [0.15, 0.2) is 0 Å². The highest BCUT2D eigenvalue weighted by atomic mass is 28.3. The fraction of sp³-hybridized carbons (Fsp3) is 0.500. The van der Waals surface area contributed by atoms with Crippen LogP contribution in [0.5, 0.6) is 0 Å². The Morgan fingerprint density at radius 1 is 1.10 bits per heavy atom. The molecule has 0 spiro atoms. The minimum Gasteiger partial charge on any atom is -0.299 e. The second kappa shape index (κ2) is 4.99. The Bertz CT molecular complexity index is 551. The van der Waals surface area contributed by atoms with Crippen LogP contribution in [0.4, 0.5) is 0 Å². The van der Waals surface area contributed by atoms with Crippen molar-refractivity contribution in [2.45, 2.75) is 45.3 Å². The molecule has 3 rings (SSSR count). The molecule has 0 saturated heterocycles. The number of fused-ring (bicyclic) bond motifs is 1. The van der Waals surface area contributed by atoms with Gasteiger partial charge in [0.05, 0.1) is 8.07 Å². The highest BCUT2D eigenvalue weighted by Crippen LogP contribution is 2.48. The van der Waals surface area contributed by atoms with E-state index in [4.69, 9.17) is 0 Å². The quantitative estimate of drug-likeness (QED) is 0.719. The zero-order valence-electron chi connectivity index (χ0n) is 12.8. The van der Waals surface area contributed by atoms with Crippen LogP contribution in [0.3, 0.4) is 0 Å². The number of rotatable bonds is 2. The molecule has 0 N–H and O–H groups in total. The summed E-state index contributed by atoms with van der Waals surface area (Å²) >= 11 is 0. The molecule has 2 atom stereocenters. The van der Waals surface area contributed by atoms with Crippen LogP contribution in [0.15, 0.2) is 35.9 Å². The van der Waals surface area contributed by atoms with Crippen molar-refractivity contribution in [1.82, 2.24) is 0 Å². The lowest BCUT2D eigenvalue weighted by Crippen LogP contribution is -2.24. The largest absolute Gasteiger partial charge is 0.299 e. The predicted octanol–water partition coefficient (Wildman–Crippen LogP) is 4.71. The lowest BCUT2D eigenvalue weighted by molar-refractivity contribution is -0.120. The molecule has 106 valence electrons. The summed E-state index contributed by atoms with van der Waals surface area (Å²) in [6.45, 7) is 7.29. The van der Waals surface area contributed by atoms with Crippen molar-refractivity contribution in [2.75, 3.05) is 0 Å². The van der Waals surface area contributed by atoms with E-state index in [9.17, 15) is 4.79 Å². The number of carbonyl (C=O) groups is 1. The van der Waals surface area contributed by atoms with E-state index in [1.165, 1.54) is 12.0 Å². The van der Waals surface area contributed by atoms with Crippen LogP contribution in [-0.2, 0) is 4.79 Å². The van der Waals surface area contributed by atoms with Gasteiger partial charge in [0, 0.05) is 12.3 Å². The van der Waals surface area contributed by atoms with Crippen LogP contribution < -0.4 is 0 Å². The van der Waals surface area contributed by atoms with Crippen LogP contribution in [0.25, 0.3) is 5.20 Å². The highest BCUT2D eigenvalue weighted by molar-refractivity contribution is 6.93. The number of carbonyl (C=O) groups excluding carboxylic acids is 1. The summed E-state index contributed by atoms with van der Waals surface area (Å²) < 4.78 is 0. The summed E-state index contributed by atoms with van der Waals surface area (Å²) in [6.07, 6.45) is 4.17. The molecule has 2 saturated carbocycles. The van der Waals surface area contributed by atoms with Gasteiger partial charge < -0.3 is 0 Å². The maximum Gasteiger partial charge on any atom is 0.136 e. The first-order valence-electron chi connectivity index (χ1n) is 7.77. The Morgan fingerprint density at radius 2 is 1.80 bits per heavy atom. The van der Waals surface area contributed by atoms with E-state index in [1.807, 2.05) is 0 Å². The molecule has 2 fully saturated rings. The number of Topliss-reactive ketones (excluding diaryl/α,β-unsaturated/α-hetero) is 1. The van der Waals surface area contributed by atoms with Gasteiger partial charge in [-0.25, -0.2) is 0 Å². The Hall–Kier alpha value is -1.15. The summed E-state index contributed by atoms with van der Waals surface area (Å²) in [7, 11) is -1.39. The van der Waals surface area contributed by atoms with Gasteiger partial charge in [0.2, 0.25) is 0 Å². The number of ketones is 1. The smallest absolute Gasteiger partial charge is 0.136 e. The van der Waals surface area contributed by atoms with Crippen molar-refractivity contribution in [2.24, 2.45) is 11.8 Å². The molecule has 20 heavy (non-hydrogen) atoms. The molecule has 1 nitrogen and oxygen atoms in total. The molecule has 0 heterocycles. The van der Waals surface area contributed by atoms with E-state index >= 15 is 0 Å². The fourth-order valence-electron chi connectivity index (χ4n) is 4.14. The summed E-state index contributed by atoms with van der Waals surface area (Å²) in [4.78, 5) is 12.0. The third-order valence-electron chi connectivity index (χ3n) is 4.89. The first kappa shape index (κ1) is 13.8. The van der Waals surface area contributed by atoms with Crippen molar-refractivity contribution < 1.29 is 4.79 Å². The summed E-state index contributed by atoms with van der Waals surface area (Å²) in [6, 6.07) is 10.9. The first-order chi connectivity index (χ1) is 9.47. The monoisotopic (exact) mass is 284 g/mol. The van der Waals surface area contributed by atoms with Crippen LogP contribution in [0.1, 0.15) is 31.2 Å². The van der Waals surface area contributed by atoms with Crippen LogP contribution in [0, 0.1) is 11.8 Å². The van der Waals surface area contributed by atoms with Gasteiger partial charge in [0.25, 0.3) is 0 Å². The topological polar surface area (TPSA) is 17.1 Å². The normalized spacial score (nSPS) is 28.6. The summed E-state index contributed by atoms with van der Waals surface area (Å²) in [5.74, 6) is 1.51. The van der Waals surface area contributed by atoms with E-state index in [-0.39, 0.29) is 0 Å². The second-order valence-corrected chi connectivity index (χ2v) is 12.4. The molecule has 1 aromatic rings. The average Bonchev–Trinajstić information content (AvgIpc) is 2.92. The van der Waals surface area contributed by atoms with Gasteiger partial charge >= 0.3 is 0 Å². The van der Waals surface area contributed by atoms with Crippen LogP contribution in [-0.4, -0.2) is 13.9 Å². The molecule has 2 aliphatic rings. The van der Waals surface area contributed by atoms with Gasteiger partial charge in [-0.3, -0.25) is 4.79 Å². The summed E-state index contributed by atoms with van der Waals surface area (Å²) in [5, 5.41) is 1.61. The molecule has 2 aliphatic carbocycles. The predicted molar refractivity (Wildman–Crippen MR) is 87.2 cm³/mol. The van der Waals surface area contributed by atoms with Gasteiger partial charge in [-0.2, -0.15) is 0 Å². The number of benzene rings is 1. The highest BCUT2D eigenvalue weighted by Gasteiger charge is 2.42. The van der Waals surface area contributed by atoms with Crippen molar-refractivity contribution in [3.63, 3.8) is 0 Å². The zero-order valence-corrected chi connectivity index (χ0v) is 13.8. The van der Waals surface area contributed by atoms with Gasteiger partial charge in [-0.15, -0.1) is 0 Å². The lowest BCUT2D eigenvalue weighted by Gasteiger charge is -2.25. The Kier molecular flexibility index (Phi) is 3.45. The third-order valence-corrected chi connectivity index (χ3v) is 7.03. The molecular weight excluding hydrogens is 260 g/mol. The van der Waals surface area contributed by atoms with Gasteiger partial charge in [-0.1, -0.05) is 60.7 Å². The first-order valence-corrected chi connectivity index (χ1v) is 11.3. The molecule has 1 aromatic carbocycles. The van der Waals surface area contributed by atoms with Crippen LogP contribution in [0.2, 0.25) is 19.6 Å². The van der Waals surface area contributed by atoms with Gasteiger partial charge in [-0.05, 0) is 30.7 Å². The maximum absolute atomic E-state index is 12.0. The van der Waals surface area contributed by atoms with E-state index < -0.39 is 8.07 Å². The minimum absolute atomic E-state index is 0.347. The van der Waals surface area contributed by atoms with Crippen molar-refractivity contribution in [1.29, 1.82) is 0 Å².